The van der Waals surface area contributed by atoms with Gasteiger partial charge in [0.15, 0.2) is 12.4 Å². The molecule has 0 saturated carbocycles. The number of carbonyl (C=O) groups is 1. The second-order valence-corrected chi connectivity index (χ2v) is 8.95. The second kappa shape index (κ2) is 9.67. The van der Waals surface area contributed by atoms with E-state index in [1.807, 2.05) is 0 Å². The van der Waals surface area contributed by atoms with Gasteiger partial charge in [0.1, 0.15) is 0 Å². The monoisotopic (exact) mass is 475 g/mol. The number of nitro groups is 1. The Morgan fingerprint density at radius 3 is 2.50 bits per heavy atom. The van der Waals surface area contributed by atoms with Crippen LogP contribution in [-0.2, 0) is 14.8 Å². The van der Waals surface area contributed by atoms with E-state index in [2.05, 4.69) is 5.32 Å². The van der Waals surface area contributed by atoms with Crippen LogP contribution in [-0.4, -0.2) is 32.9 Å². The van der Waals surface area contributed by atoms with E-state index in [-0.39, 0.29) is 27.0 Å². The van der Waals surface area contributed by atoms with Crippen molar-refractivity contribution in [3.8, 4) is 5.75 Å². The number of carbonyl (C=O) groups excluding carboxylic acids is 1. The molecule has 0 radical (unpaired) electrons. The summed E-state index contributed by atoms with van der Waals surface area (Å²) in [5.74, 6) is -0.740. The van der Waals surface area contributed by atoms with E-state index in [9.17, 15) is 23.3 Å². The molecular formula is C21H18ClN3O6S. The van der Waals surface area contributed by atoms with Crippen LogP contribution < -0.4 is 14.4 Å². The van der Waals surface area contributed by atoms with Crippen molar-refractivity contribution in [3.63, 3.8) is 0 Å². The molecule has 0 aliphatic carbocycles. The summed E-state index contributed by atoms with van der Waals surface area (Å²) in [6.07, 6.45) is 0. The Bertz CT molecular complexity index is 1250. The fourth-order valence-electron chi connectivity index (χ4n) is 2.76. The van der Waals surface area contributed by atoms with Crippen molar-refractivity contribution in [2.75, 3.05) is 23.3 Å². The highest BCUT2D eigenvalue weighted by Crippen LogP contribution is 2.30. The molecule has 0 fully saturated rings. The number of nitrogens with zero attached hydrogens (tertiary/aromatic N) is 2. The Labute approximate surface area is 189 Å². The molecule has 0 aliphatic heterocycles. The lowest BCUT2D eigenvalue weighted by Crippen LogP contribution is -2.26. The fourth-order valence-corrected chi connectivity index (χ4v) is 4.17. The number of benzene rings is 3. The third-order valence-electron chi connectivity index (χ3n) is 4.37. The predicted octanol–water partition coefficient (Wildman–Crippen LogP) is 4.09. The maximum absolute atomic E-state index is 12.9. The molecule has 0 spiro atoms. The van der Waals surface area contributed by atoms with Gasteiger partial charge in [-0.05, 0) is 42.5 Å². The Hall–Kier alpha value is -3.63. The van der Waals surface area contributed by atoms with Crippen molar-refractivity contribution in [1.82, 2.24) is 0 Å². The zero-order valence-corrected chi connectivity index (χ0v) is 18.3. The van der Waals surface area contributed by atoms with Crippen LogP contribution in [0.2, 0.25) is 5.02 Å². The summed E-state index contributed by atoms with van der Waals surface area (Å²) in [6, 6.07) is 18.1. The van der Waals surface area contributed by atoms with E-state index in [0.717, 1.165) is 10.4 Å². The van der Waals surface area contributed by atoms with Crippen LogP contribution >= 0.6 is 11.6 Å². The molecule has 0 heterocycles. The van der Waals surface area contributed by atoms with Gasteiger partial charge in [0.2, 0.25) is 0 Å². The molecule has 0 unspecified atom stereocenters. The van der Waals surface area contributed by atoms with E-state index in [0.29, 0.717) is 5.69 Å². The van der Waals surface area contributed by atoms with Gasteiger partial charge in [0.05, 0.1) is 15.5 Å². The lowest BCUT2D eigenvalue weighted by molar-refractivity contribution is -0.385. The highest BCUT2D eigenvalue weighted by molar-refractivity contribution is 7.92. The lowest BCUT2D eigenvalue weighted by Gasteiger charge is -2.19. The molecule has 3 aromatic carbocycles. The molecule has 11 heteroatoms. The first-order valence-corrected chi connectivity index (χ1v) is 11.0. The average molecular weight is 476 g/mol. The third-order valence-corrected chi connectivity index (χ3v) is 6.39. The fraction of sp³-hybridized carbons (Fsp3) is 0.0952. The Morgan fingerprint density at radius 1 is 1.09 bits per heavy atom. The van der Waals surface area contributed by atoms with Crippen LogP contribution in [0, 0.1) is 10.1 Å². The zero-order chi connectivity index (χ0) is 23.3. The van der Waals surface area contributed by atoms with Gasteiger partial charge in [0, 0.05) is 23.8 Å². The van der Waals surface area contributed by atoms with Crippen LogP contribution in [0.3, 0.4) is 0 Å². The van der Waals surface area contributed by atoms with Gasteiger partial charge in [-0.1, -0.05) is 35.9 Å². The number of anilines is 2. The van der Waals surface area contributed by atoms with E-state index in [1.54, 1.807) is 30.3 Å². The summed E-state index contributed by atoms with van der Waals surface area (Å²) >= 11 is 5.75. The summed E-state index contributed by atoms with van der Waals surface area (Å²) in [7, 11) is -2.43. The molecule has 32 heavy (non-hydrogen) atoms. The molecule has 166 valence electrons. The second-order valence-electron chi connectivity index (χ2n) is 6.54. The summed E-state index contributed by atoms with van der Waals surface area (Å²) in [5, 5.41) is 13.8. The minimum atomic E-state index is -3.86. The van der Waals surface area contributed by atoms with Crippen LogP contribution in [0.4, 0.5) is 17.1 Å². The molecule has 9 nitrogen and oxygen atoms in total. The van der Waals surface area contributed by atoms with Gasteiger partial charge in [-0.3, -0.25) is 19.2 Å². The van der Waals surface area contributed by atoms with E-state index in [4.69, 9.17) is 16.3 Å². The molecule has 1 N–H and O–H groups in total. The number of rotatable bonds is 8. The zero-order valence-electron chi connectivity index (χ0n) is 16.8. The number of ether oxygens (including phenoxy) is 1. The summed E-state index contributed by atoms with van der Waals surface area (Å²) in [4.78, 5) is 22.7. The summed E-state index contributed by atoms with van der Waals surface area (Å²) < 4.78 is 32.2. The molecule has 1 amide bonds. The first kappa shape index (κ1) is 23.0. The summed E-state index contributed by atoms with van der Waals surface area (Å²) in [5.41, 5.74) is 0.342. The van der Waals surface area contributed by atoms with Gasteiger partial charge in [-0.2, -0.15) is 0 Å². The topological polar surface area (TPSA) is 119 Å². The van der Waals surface area contributed by atoms with Gasteiger partial charge in [-0.25, -0.2) is 8.42 Å². The molecule has 0 saturated heterocycles. The van der Waals surface area contributed by atoms with Crippen LogP contribution in [0.25, 0.3) is 0 Å². The van der Waals surface area contributed by atoms with Gasteiger partial charge in [0.25, 0.3) is 15.9 Å². The molecule has 0 aromatic heterocycles. The highest BCUT2D eigenvalue weighted by Gasteiger charge is 2.22. The van der Waals surface area contributed by atoms with Crippen LogP contribution in [0.1, 0.15) is 0 Å². The first-order chi connectivity index (χ1) is 15.2. The maximum atomic E-state index is 12.9. The number of halogens is 1. The number of hydrogen-bond donors (Lipinski definition) is 1. The van der Waals surface area contributed by atoms with Crippen molar-refractivity contribution in [1.29, 1.82) is 0 Å². The number of para-hydroxylation sites is 1. The minimum Gasteiger partial charge on any atom is -0.477 e. The van der Waals surface area contributed by atoms with Gasteiger partial charge < -0.3 is 10.1 Å². The van der Waals surface area contributed by atoms with E-state index in [1.165, 1.54) is 43.4 Å². The number of amides is 1. The smallest absolute Gasteiger partial charge is 0.312 e. The predicted molar refractivity (Wildman–Crippen MR) is 121 cm³/mol. The third kappa shape index (κ3) is 5.34. The average Bonchev–Trinajstić information content (AvgIpc) is 2.78. The normalized spacial score (nSPS) is 10.9. The first-order valence-electron chi connectivity index (χ1n) is 9.19. The maximum Gasteiger partial charge on any atom is 0.312 e. The largest absolute Gasteiger partial charge is 0.477 e. The van der Waals surface area contributed by atoms with Gasteiger partial charge in [-0.15, -0.1) is 0 Å². The van der Waals surface area contributed by atoms with Crippen LogP contribution in [0.5, 0.6) is 5.75 Å². The van der Waals surface area contributed by atoms with E-state index >= 15 is 0 Å². The lowest BCUT2D eigenvalue weighted by atomic mass is 10.3. The molecule has 3 aromatic rings. The van der Waals surface area contributed by atoms with Crippen molar-refractivity contribution in [3.05, 3.63) is 87.9 Å². The Kier molecular flexibility index (Phi) is 6.96. The number of sulfonamides is 1. The Balaban J connectivity index is 1.71. The van der Waals surface area contributed by atoms with Crippen LogP contribution in [0.15, 0.2) is 77.7 Å². The Morgan fingerprint density at radius 2 is 1.81 bits per heavy atom. The SMILES string of the molecule is CN(c1ccccc1)S(=O)(=O)c1cccc(NC(=O)COc2ccc(Cl)cc2[N+](=O)[O-])c1. The molecule has 0 aliphatic rings. The molecule has 3 rings (SSSR count). The number of nitro benzene ring substituents is 1. The van der Waals surface area contributed by atoms with E-state index < -0.39 is 27.5 Å². The van der Waals surface area contributed by atoms with Crippen molar-refractivity contribution in [2.24, 2.45) is 0 Å². The highest BCUT2D eigenvalue weighted by atomic mass is 35.5. The molecule has 0 bridgehead atoms. The summed E-state index contributed by atoms with van der Waals surface area (Å²) in [6.45, 7) is -0.524. The van der Waals surface area contributed by atoms with Crippen molar-refractivity contribution >= 4 is 44.6 Å². The molecular weight excluding hydrogens is 458 g/mol. The molecule has 0 atom stereocenters. The minimum absolute atomic E-state index is 0.0177. The van der Waals surface area contributed by atoms with Crippen molar-refractivity contribution in [2.45, 2.75) is 4.90 Å². The quantitative estimate of drug-likeness (QED) is 0.387. The van der Waals surface area contributed by atoms with Crippen molar-refractivity contribution < 1.29 is 22.9 Å². The van der Waals surface area contributed by atoms with Gasteiger partial charge >= 0.3 is 5.69 Å². The standard InChI is InChI=1S/C21H18ClN3O6S/c1-24(17-7-3-2-4-8-17)32(29,30)18-9-5-6-16(13-18)23-21(26)14-31-20-11-10-15(22)12-19(20)25(27)28/h2-13H,14H2,1H3,(H,23,26). The number of hydrogen-bond acceptors (Lipinski definition) is 6. The number of nitrogens with one attached hydrogen (secondary N) is 1.